The van der Waals surface area contributed by atoms with Crippen molar-refractivity contribution in [3.8, 4) is 17.0 Å². The van der Waals surface area contributed by atoms with Gasteiger partial charge in [-0.3, -0.25) is 9.59 Å². The van der Waals surface area contributed by atoms with E-state index in [-0.39, 0.29) is 18.0 Å². The maximum Gasteiger partial charge on any atom is 0.269 e. The van der Waals surface area contributed by atoms with Crippen LogP contribution in [0, 0.1) is 0 Å². The number of hydrogen-bond acceptors (Lipinski definition) is 4. The van der Waals surface area contributed by atoms with Crippen LogP contribution in [0.1, 0.15) is 27.2 Å². The molecule has 0 atom stereocenters. The summed E-state index contributed by atoms with van der Waals surface area (Å²) in [7, 11) is 1.58. The summed E-state index contributed by atoms with van der Waals surface area (Å²) in [5.74, 6) is -0.166. The van der Waals surface area contributed by atoms with Crippen LogP contribution >= 0.6 is 0 Å². The highest BCUT2D eigenvalue weighted by molar-refractivity contribution is 5.95. The second-order valence-electron chi connectivity index (χ2n) is 6.67. The van der Waals surface area contributed by atoms with Gasteiger partial charge < -0.3 is 10.5 Å². The summed E-state index contributed by atoms with van der Waals surface area (Å²) in [6, 6.07) is 15.2. The van der Waals surface area contributed by atoms with Crippen molar-refractivity contribution < 1.29 is 14.3 Å². The first-order valence-corrected chi connectivity index (χ1v) is 8.99. The van der Waals surface area contributed by atoms with Gasteiger partial charge in [0.25, 0.3) is 5.91 Å². The number of ether oxygens (including phenoxy) is 1. The Morgan fingerprint density at radius 3 is 2.79 bits per heavy atom. The number of nitrogens with zero attached hydrogens (tertiary/aromatic N) is 2. The number of carbonyl (C=O) groups excluding carboxylic acids is 2. The van der Waals surface area contributed by atoms with Gasteiger partial charge in [-0.15, -0.1) is 5.10 Å². The predicted molar refractivity (Wildman–Crippen MR) is 105 cm³/mol. The number of nitrogens with one attached hydrogen (secondary N) is 1. The Hall–Kier alpha value is -3.61. The van der Waals surface area contributed by atoms with Gasteiger partial charge in [-0.1, -0.05) is 36.4 Å². The van der Waals surface area contributed by atoms with Crippen molar-refractivity contribution in [3.05, 3.63) is 70.9 Å². The molecular formula is C21H20N4O3. The van der Waals surface area contributed by atoms with Gasteiger partial charge in [-0.2, -0.15) is 4.79 Å². The Kier molecular flexibility index (Phi) is 4.57. The van der Waals surface area contributed by atoms with Crippen LogP contribution in [0.2, 0.25) is 0 Å². The molecule has 0 bridgehead atoms. The van der Waals surface area contributed by atoms with Gasteiger partial charge in [-0.25, -0.2) is 5.43 Å². The Balaban J connectivity index is 1.67. The lowest BCUT2D eigenvalue weighted by atomic mass is 9.89. The molecule has 1 aromatic heterocycles. The molecule has 2 aromatic carbocycles. The summed E-state index contributed by atoms with van der Waals surface area (Å²) in [5.41, 5.74) is 12.9. The number of carbonyl (C=O) groups is 2. The summed E-state index contributed by atoms with van der Waals surface area (Å²) >= 11 is 0. The minimum atomic E-state index is -0.601. The summed E-state index contributed by atoms with van der Waals surface area (Å²) in [5, 5.41) is 4.29. The first kappa shape index (κ1) is 17.8. The highest BCUT2D eigenvalue weighted by Gasteiger charge is 2.28. The van der Waals surface area contributed by atoms with E-state index >= 15 is 0 Å². The molecule has 0 unspecified atom stereocenters. The maximum atomic E-state index is 12.6. The Morgan fingerprint density at radius 1 is 1.18 bits per heavy atom. The summed E-state index contributed by atoms with van der Waals surface area (Å²) in [6.45, 7) is 0. The van der Waals surface area contributed by atoms with E-state index in [9.17, 15) is 9.59 Å². The number of benzene rings is 2. The zero-order valence-electron chi connectivity index (χ0n) is 15.4. The topological polar surface area (TPSA) is 99.2 Å². The molecule has 1 heterocycles. The number of rotatable bonds is 5. The zero-order valence-corrected chi connectivity index (χ0v) is 15.4. The molecule has 142 valence electrons. The van der Waals surface area contributed by atoms with Crippen molar-refractivity contribution in [2.75, 3.05) is 12.5 Å². The third kappa shape index (κ3) is 3.22. The first-order chi connectivity index (χ1) is 13.6. The fourth-order valence-electron chi connectivity index (χ4n) is 3.60. The van der Waals surface area contributed by atoms with E-state index in [0.717, 1.165) is 34.4 Å². The third-order valence-electron chi connectivity index (χ3n) is 4.86. The normalized spacial score (nSPS) is 12.0. The number of nitrogens with two attached hydrogens (primary N) is 1. The van der Waals surface area contributed by atoms with Crippen LogP contribution in [0.3, 0.4) is 0 Å². The van der Waals surface area contributed by atoms with Crippen molar-refractivity contribution in [2.45, 2.75) is 19.3 Å². The van der Waals surface area contributed by atoms with Gasteiger partial charge in [0.1, 0.15) is 5.75 Å². The molecule has 7 heteroatoms. The third-order valence-corrected chi connectivity index (χ3v) is 4.86. The molecule has 1 aliphatic rings. The molecule has 0 saturated heterocycles. The molecule has 1 aliphatic carbocycles. The Bertz CT molecular complexity index is 1070. The molecule has 2 amide bonds. The summed E-state index contributed by atoms with van der Waals surface area (Å²) in [4.78, 5) is 25.9. The smallest absolute Gasteiger partial charge is 0.269 e. The number of amides is 2. The van der Waals surface area contributed by atoms with Gasteiger partial charge in [0.05, 0.1) is 19.2 Å². The van der Waals surface area contributed by atoms with E-state index < -0.39 is 5.91 Å². The highest BCUT2D eigenvalue weighted by Crippen LogP contribution is 2.34. The average molecular weight is 376 g/mol. The number of aryl methyl sites for hydroxylation is 1. The van der Waals surface area contributed by atoms with E-state index in [0.29, 0.717) is 12.2 Å². The number of fused-ring (bicyclic) bond motifs is 3. The molecule has 0 spiro atoms. The zero-order chi connectivity index (χ0) is 19.7. The van der Waals surface area contributed by atoms with E-state index in [4.69, 9.17) is 10.5 Å². The predicted octanol–water partition coefficient (Wildman–Crippen LogP) is 2.07. The van der Waals surface area contributed by atoms with E-state index in [2.05, 4.69) is 10.5 Å². The maximum absolute atomic E-state index is 12.6. The van der Waals surface area contributed by atoms with E-state index in [1.54, 1.807) is 7.11 Å². The van der Waals surface area contributed by atoms with Crippen LogP contribution in [0.15, 0.2) is 48.5 Å². The van der Waals surface area contributed by atoms with Crippen molar-refractivity contribution in [1.29, 1.82) is 0 Å². The molecular weight excluding hydrogens is 356 g/mol. The highest BCUT2D eigenvalue weighted by atomic mass is 16.5. The quantitative estimate of drug-likeness (QED) is 0.712. The number of aromatic nitrogens is 2. The fourth-order valence-corrected chi connectivity index (χ4v) is 3.60. The summed E-state index contributed by atoms with van der Waals surface area (Å²) in [6.07, 6.45) is 1.60. The lowest BCUT2D eigenvalue weighted by Gasteiger charge is -2.18. The van der Waals surface area contributed by atoms with Crippen molar-refractivity contribution in [1.82, 2.24) is 9.89 Å². The molecule has 7 nitrogen and oxygen atoms in total. The summed E-state index contributed by atoms with van der Waals surface area (Å²) < 4.78 is 5.20. The molecule has 0 aliphatic heterocycles. The molecule has 0 fully saturated rings. The van der Waals surface area contributed by atoms with Crippen molar-refractivity contribution in [3.63, 3.8) is 0 Å². The number of methoxy groups -OCH3 is 1. The number of hydrogen-bond donors (Lipinski definition) is 2. The first-order valence-electron chi connectivity index (χ1n) is 8.99. The Morgan fingerprint density at radius 2 is 2.00 bits per heavy atom. The van der Waals surface area contributed by atoms with Crippen LogP contribution < -0.4 is 15.9 Å². The van der Waals surface area contributed by atoms with Crippen LogP contribution in [0.4, 0.5) is 0 Å². The monoisotopic (exact) mass is 376 g/mol. The van der Waals surface area contributed by atoms with E-state index in [1.807, 2.05) is 48.5 Å². The molecule has 0 radical (unpaired) electrons. The lowest BCUT2D eigenvalue weighted by molar-refractivity contribution is -0.116. The van der Waals surface area contributed by atoms with Gasteiger partial charge in [0.2, 0.25) is 5.91 Å². The van der Waals surface area contributed by atoms with Crippen molar-refractivity contribution in [2.24, 2.45) is 5.73 Å². The average Bonchev–Trinajstić information content (AvgIpc) is 3.07. The van der Waals surface area contributed by atoms with Crippen LogP contribution in [-0.2, 0) is 24.1 Å². The number of primary amides is 1. The molecule has 3 aromatic rings. The lowest BCUT2D eigenvalue weighted by Crippen LogP contribution is -2.27. The standard InChI is InChI=1S/C21H20N4O3/c1-28-15-7-4-5-13(11-15)12-18(26)23-25-20-16-8-3-2-6-14(16)9-10-17(20)19(24-25)21(22)27/h2-8,11H,9-10,12H2,1H3,(H2,22,27)(H,23,26). The molecule has 0 saturated carbocycles. The van der Waals surface area contributed by atoms with Gasteiger partial charge >= 0.3 is 0 Å². The van der Waals surface area contributed by atoms with Crippen molar-refractivity contribution >= 4 is 11.8 Å². The minimum absolute atomic E-state index is 0.152. The largest absolute Gasteiger partial charge is 0.497 e. The molecule has 4 rings (SSSR count). The van der Waals surface area contributed by atoms with Gasteiger partial charge in [0.15, 0.2) is 5.69 Å². The second kappa shape index (κ2) is 7.19. The fraction of sp³-hybridized carbons (Fsp3) is 0.190. The molecule has 28 heavy (non-hydrogen) atoms. The van der Waals surface area contributed by atoms with E-state index in [1.165, 1.54) is 4.79 Å². The SMILES string of the molecule is COc1cccc(CC(=O)Nn2nc(C(N)=O)c3c2-c2ccccc2CC3)c1. The Labute approximate surface area is 162 Å². The van der Waals surface area contributed by atoms with Crippen LogP contribution in [-0.4, -0.2) is 28.8 Å². The van der Waals surface area contributed by atoms with Crippen LogP contribution in [0.25, 0.3) is 11.3 Å². The minimum Gasteiger partial charge on any atom is -0.497 e. The molecule has 3 N–H and O–H groups in total. The van der Waals surface area contributed by atoms with Crippen LogP contribution in [0.5, 0.6) is 5.75 Å². The van der Waals surface area contributed by atoms with Gasteiger partial charge in [0, 0.05) is 11.1 Å². The second-order valence-corrected chi connectivity index (χ2v) is 6.67. The van der Waals surface area contributed by atoms with Gasteiger partial charge in [-0.05, 0) is 36.1 Å².